The van der Waals surface area contributed by atoms with Crippen molar-refractivity contribution in [1.29, 1.82) is 0 Å². The summed E-state index contributed by atoms with van der Waals surface area (Å²) in [6, 6.07) is 15.5. The molecule has 0 aliphatic carbocycles. The average Bonchev–Trinajstić information content (AvgIpc) is 2.68. The highest BCUT2D eigenvalue weighted by Crippen LogP contribution is 2.16. The number of carbonyl (C=O) groups is 1. The topological polar surface area (TPSA) is 64.1 Å². The van der Waals surface area contributed by atoms with Gasteiger partial charge in [0, 0.05) is 18.7 Å². The van der Waals surface area contributed by atoms with Crippen molar-refractivity contribution in [3.8, 4) is 0 Å². The maximum absolute atomic E-state index is 12.4. The molecule has 0 spiro atoms. The van der Waals surface area contributed by atoms with Crippen LogP contribution in [0.15, 0.2) is 48.5 Å². The van der Waals surface area contributed by atoms with Crippen LogP contribution in [0.3, 0.4) is 0 Å². The zero-order valence-corrected chi connectivity index (χ0v) is 16.0. The first-order valence-electron chi connectivity index (χ1n) is 9.24. The predicted octanol–water partition coefficient (Wildman–Crippen LogP) is 4.14. The third kappa shape index (κ3) is 4.89. The normalized spacial score (nSPS) is 12.1. The van der Waals surface area contributed by atoms with Crippen LogP contribution in [0.1, 0.15) is 46.8 Å². The van der Waals surface area contributed by atoms with E-state index in [1.165, 1.54) is 0 Å². The standard InChI is InChI=1S/C22H25N3O2/c1-15-16(2)25-21-14-19(10-11-20(21)24-15)22(26)23-12-7-13-27-17(3)18-8-5-4-6-9-18/h4-6,8-11,14,17H,7,12-13H2,1-3H3,(H,23,26). The lowest BCUT2D eigenvalue weighted by Gasteiger charge is -2.13. The summed E-state index contributed by atoms with van der Waals surface area (Å²) in [4.78, 5) is 21.4. The number of ether oxygens (including phenoxy) is 1. The summed E-state index contributed by atoms with van der Waals surface area (Å²) in [5, 5.41) is 2.94. The Labute approximate surface area is 159 Å². The Morgan fingerprint density at radius 3 is 2.48 bits per heavy atom. The highest BCUT2D eigenvalue weighted by atomic mass is 16.5. The molecule has 0 bridgehead atoms. The number of aromatic nitrogens is 2. The van der Waals surface area contributed by atoms with Crippen molar-refractivity contribution in [1.82, 2.24) is 15.3 Å². The van der Waals surface area contributed by atoms with Crippen molar-refractivity contribution >= 4 is 16.9 Å². The first-order chi connectivity index (χ1) is 13.0. The van der Waals surface area contributed by atoms with Gasteiger partial charge in [0.1, 0.15) is 0 Å². The Morgan fingerprint density at radius 1 is 1.04 bits per heavy atom. The van der Waals surface area contributed by atoms with E-state index in [1.807, 2.05) is 45.0 Å². The number of amides is 1. The van der Waals surface area contributed by atoms with Crippen LogP contribution in [0, 0.1) is 13.8 Å². The molecule has 1 amide bonds. The summed E-state index contributed by atoms with van der Waals surface area (Å²) in [5.41, 5.74) is 5.08. The summed E-state index contributed by atoms with van der Waals surface area (Å²) in [5.74, 6) is -0.104. The number of carbonyl (C=O) groups excluding carboxylic acids is 1. The monoisotopic (exact) mass is 363 g/mol. The van der Waals surface area contributed by atoms with E-state index in [1.54, 1.807) is 12.1 Å². The molecule has 1 atom stereocenters. The van der Waals surface area contributed by atoms with Gasteiger partial charge in [-0.3, -0.25) is 4.79 Å². The van der Waals surface area contributed by atoms with E-state index in [-0.39, 0.29) is 12.0 Å². The van der Waals surface area contributed by atoms with Crippen molar-refractivity contribution in [2.45, 2.75) is 33.3 Å². The number of rotatable bonds is 7. The molecule has 140 valence electrons. The van der Waals surface area contributed by atoms with Crippen LogP contribution >= 0.6 is 0 Å². The summed E-state index contributed by atoms with van der Waals surface area (Å²) < 4.78 is 5.83. The molecule has 1 aromatic heterocycles. The fourth-order valence-corrected chi connectivity index (χ4v) is 2.83. The molecule has 0 radical (unpaired) electrons. The Kier molecular flexibility index (Phi) is 6.14. The number of fused-ring (bicyclic) bond motifs is 1. The van der Waals surface area contributed by atoms with E-state index in [4.69, 9.17) is 4.74 Å². The summed E-state index contributed by atoms with van der Waals surface area (Å²) >= 11 is 0. The number of hydrogen-bond donors (Lipinski definition) is 1. The average molecular weight is 363 g/mol. The highest BCUT2D eigenvalue weighted by Gasteiger charge is 2.09. The molecule has 0 saturated carbocycles. The molecule has 1 heterocycles. The molecule has 0 fully saturated rings. The van der Waals surface area contributed by atoms with Crippen molar-refractivity contribution in [3.63, 3.8) is 0 Å². The number of nitrogens with zero attached hydrogens (tertiary/aromatic N) is 2. The lowest BCUT2D eigenvalue weighted by Crippen LogP contribution is -2.25. The second-order valence-corrected chi connectivity index (χ2v) is 6.63. The molecule has 1 unspecified atom stereocenters. The maximum atomic E-state index is 12.4. The molecule has 3 aromatic rings. The minimum absolute atomic E-state index is 0.0488. The minimum Gasteiger partial charge on any atom is -0.374 e. The predicted molar refractivity (Wildman–Crippen MR) is 107 cm³/mol. The van der Waals surface area contributed by atoms with Crippen LogP contribution in [-0.2, 0) is 4.74 Å². The molecule has 5 heteroatoms. The van der Waals surface area contributed by atoms with E-state index in [9.17, 15) is 4.79 Å². The van der Waals surface area contributed by atoms with Gasteiger partial charge in [0.05, 0.1) is 28.5 Å². The molecule has 2 aromatic carbocycles. The van der Waals surface area contributed by atoms with Crippen molar-refractivity contribution < 1.29 is 9.53 Å². The summed E-state index contributed by atoms with van der Waals surface area (Å²) in [6.07, 6.45) is 0.807. The quantitative estimate of drug-likeness (QED) is 0.641. The fraction of sp³-hybridized carbons (Fsp3) is 0.318. The lowest BCUT2D eigenvalue weighted by atomic mass is 10.1. The molecule has 0 aliphatic heterocycles. The molecular weight excluding hydrogens is 338 g/mol. The van der Waals surface area contributed by atoms with E-state index >= 15 is 0 Å². The Hall–Kier alpha value is -2.79. The molecule has 5 nitrogen and oxygen atoms in total. The van der Waals surface area contributed by atoms with Gasteiger partial charge in [0.25, 0.3) is 5.91 Å². The summed E-state index contributed by atoms with van der Waals surface area (Å²) in [6.45, 7) is 7.05. The minimum atomic E-state index is -0.104. The Balaban J connectivity index is 1.48. The van der Waals surface area contributed by atoms with E-state index in [2.05, 4.69) is 27.4 Å². The van der Waals surface area contributed by atoms with Crippen LogP contribution in [0.25, 0.3) is 11.0 Å². The smallest absolute Gasteiger partial charge is 0.251 e. The largest absolute Gasteiger partial charge is 0.374 e. The molecule has 3 rings (SSSR count). The van der Waals surface area contributed by atoms with Gasteiger partial charge in [-0.2, -0.15) is 0 Å². The SMILES string of the molecule is Cc1nc2ccc(C(=O)NCCCOC(C)c3ccccc3)cc2nc1C. The van der Waals surface area contributed by atoms with Crippen LogP contribution in [0.4, 0.5) is 0 Å². The van der Waals surface area contributed by atoms with E-state index < -0.39 is 0 Å². The van der Waals surface area contributed by atoms with Gasteiger partial charge in [-0.05, 0) is 51.0 Å². The summed E-state index contributed by atoms with van der Waals surface area (Å²) in [7, 11) is 0. The Bertz CT molecular complexity index is 925. The van der Waals surface area contributed by atoms with Gasteiger partial charge in [0.15, 0.2) is 0 Å². The zero-order chi connectivity index (χ0) is 19.2. The van der Waals surface area contributed by atoms with Crippen molar-refractivity contribution in [2.75, 3.05) is 13.2 Å². The third-order valence-corrected chi connectivity index (χ3v) is 4.58. The molecular formula is C22H25N3O2. The lowest BCUT2D eigenvalue weighted by molar-refractivity contribution is 0.0635. The second-order valence-electron chi connectivity index (χ2n) is 6.63. The number of nitrogens with one attached hydrogen (secondary N) is 1. The highest BCUT2D eigenvalue weighted by molar-refractivity contribution is 5.97. The molecule has 0 aliphatic rings. The molecule has 0 saturated heterocycles. The second kappa shape index (κ2) is 8.73. The van der Waals surface area contributed by atoms with Gasteiger partial charge in [0.2, 0.25) is 0 Å². The number of aryl methyl sites for hydroxylation is 2. The van der Waals surface area contributed by atoms with Gasteiger partial charge in [-0.25, -0.2) is 9.97 Å². The number of benzene rings is 2. The first kappa shape index (κ1) is 19.0. The van der Waals surface area contributed by atoms with E-state index in [0.717, 1.165) is 34.4 Å². The van der Waals surface area contributed by atoms with Crippen molar-refractivity contribution in [2.24, 2.45) is 0 Å². The van der Waals surface area contributed by atoms with Gasteiger partial charge in [-0.15, -0.1) is 0 Å². The van der Waals surface area contributed by atoms with Crippen molar-refractivity contribution in [3.05, 3.63) is 71.0 Å². The van der Waals surface area contributed by atoms with Gasteiger partial charge < -0.3 is 10.1 Å². The molecule has 1 N–H and O–H groups in total. The van der Waals surface area contributed by atoms with Gasteiger partial charge in [-0.1, -0.05) is 30.3 Å². The zero-order valence-electron chi connectivity index (χ0n) is 16.0. The van der Waals surface area contributed by atoms with Crippen LogP contribution in [0.2, 0.25) is 0 Å². The van der Waals surface area contributed by atoms with Crippen LogP contribution < -0.4 is 5.32 Å². The molecule has 27 heavy (non-hydrogen) atoms. The third-order valence-electron chi connectivity index (χ3n) is 4.58. The first-order valence-corrected chi connectivity index (χ1v) is 9.24. The maximum Gasteiger partial charge on any atom is 0.251 e. The number of hydrogen-bond acceptors (Lipinski definition) is 4. The van der Waals surface area contributed by atoms with Crippen LogP contribution in [-0.4, -0.2) is 29.0 Å². The fourth-order valence-electron chi connectivity index (χ4n) is 2.83. The Morgan fingerprint density at radius 2 is 1.74 bits per heavy atom. The van der Waals surface area contributed by atoms with E-state index in [0.29, 0.717) is 18.7 Å². The van der Waals surface area contributed by atoms with Gasteiger partial charge >= 0.3 is 0 Å². The van der Waals surface area contributed by atoms with Crippen LogP contribution in [0.5, 0.6) is 0 Å².